The second kappa shape index (κ2) is 4.39. The molecule has 82 valence electrons. The molecule has 16 heavy (non-hydrogen) atoms. The molecule has 7 nitrogen and oxygen atoms in total. The van der Waals surface area contributed by atoms with Crippen LogP contribution in [-0.4, -0.2) is 34.5 Å². The lowest BCUT2D eigenvalue weighted by molar-refractivity contribution is -0.136. The minimum atomic E-state index is -0.697. The third-order valence-corrected chi connectivity index (χ3v) is 1.76. The largest absolute Gasteiger partial charge is 0.399 e. The summed E-state index contributed by atoms with van der Waals surface area (Å²) in [4.78, 5) is 21.4. The molecular weight excluding hydrogens is 212 g/mol. The Hall–Kier alpha value is -2.44. The third kappa shape index (κ3) is 1.97. The van der Waals surface area contributed by atoms with Crippen LogP contribution in [0.25, 0.3) is 11.0 Å². The Labute approximate surface area is 90.2 Å². The first-order valence-corrected chi connectivity index (χ1v) is 4.40. The zero-order chi connectivity index (χ0) is 11.4. The van der Waals surface area contributed by atoms with Crippen LogP contribution < -0.4 is 4.84 Å². The summed E-state index contributed by atoms with van der Waals surface area (Å²) in [5, 5.41) is 10.7. The summed E-state index contributed by atoms with van der Waals surface area (Å²) < 4.78 is 0. The standard InChI is InChI=1S/C9H8N4O3/c1-15-10-6-9(14)16-13-8-5-3-2-4-7(8)11-12-13/h2-6H,1H3. The third-order valence-electron chi connectivity index (χ3n) is 1.76. The summed E-state index contributed by atoms with van der Waals surface area (Å²) in [6.45, 7) is 0. The van der Waals surface area contributed by atoms with E-state index in [4.69, 9.17) is 4.84 Å². The molecule has 1 aromatic carbocycles. The number of hydrogen-bond donors (Lipinski definition) is 0. The predicted molar refractivity (Wildman–Crippen MR) is 54.6 cm³/mol. The fourth-order valence-corrected chi connectivity index (χ4v) is 1.12. The molecule has 2 aromatic rings. The van der Waals surface area contributed by atoms with Gasteiger partial charge in [-0.15, -0.1) is 5.10 Å². The lowest BCUT2D eigenvalue weighted by Gasteiger charge is -1.98. The highest BCUT2D eigenvalue weighted by atomic mass is 16.7. The molecule has 0 aliphatic carbocycles. The van der Waals surface area contributed by atoms with Crippen molar-refractivity contribution in [3.05, 3.63) is 24.3 Å². The second-order valence-corrected chi connectivity index (χ2v) is 2.78. The smallest absolute Gasteiger partial charge is 0.380 e. The van der Waals surface area contributed by atoms with Crippen molar-refractivity contribution in [3.8, 4) is 0 Å². The first-order valence-electron chi connectivity index (χ1n) is 4.40. The SMILES string of the molecule is CON=CC(=O)On1nnc2ccccc21. The van der Waals surface area contributed by atoms with Gasteiger partial charge in [-0.2, -0.15) is 0 Å². The summed E-state index contributed by atoms with van der Waals surface area (Å²) in [7, 11) is 1.33. The van der Waals surface area contributed by atoms with Crippen LogP contribution in [0.1, 0.15) is 0 Å². The minimum absolute atomic E-state index is 0.599. The van der Waals surface area contributed by atoms with Gasteiger partial charge in [0.15, 0.2) is 6.21 Å². The lowest BCUT2D eigenvalue weighted by atomic mass is 10.3. The molecule has 0 aliphatic rings. The maximum absolute atomic E-state index is 11.2. The average molecular weight is 220 g/mol. The second-order valence-electron chi connectivity index (χ2n) is 2.78. The average Bonchev–Trinajstić information content (AvgIpc) is 2.70. The van der Waals surface area contributed by atoms with Crippen molar-refractivity contribution in [2.45, 2.75) is 0 Å². The van der Waals surface area contributed by atoms with E-state index in [9.17, 15) is 4.79 Å². The Morgan fingerprint density at radius 3 is 3.12 bits per heavy atom. The van der Waals surface area contributed by atoms with Gasteiger partial charge in [0.1, 0.15) is 18.1 Å². The molecule has 0 amide bonds. The zero-order valence-electron chi connectivity index (χ0n) is 8.40. The number of hydrogen-bond acceptors (Lipinski definition) is 6. The van der Waals surface area contributed by atoms with E-state index in [0.29, 0.717) is 11.0 Å². The van der Waals surface area contributed by atoms with Crippen LogP contribution in [0.15, 0.2) is 29.4 Å². The molecular formula is C9H8N4O3. The summed E-state index contributed by atoms with van der Waals surface area (Å²) in [6, 6.07) is 7.10. The maximum atomic E-state index is 11.2. The number of carbonyl (C=O) groups is 1. The van der Waals surface area contributed by atoms with E-state index >= 15 is 0 Å². The zero-order valence-corrected chi connectivity index (χ0v) is 8.40. The fourth-order valence-electron chi connectivity index (χ4n) is 1.12. The topological polar surface area (TPSA) is 78.6 Å². The van der Waals surface area contributed by atoms with Crippen LogP contribution in [0.5, 0.6) is 0 Å². The highest BCUT2D eigenvalue weighted by Gasteiger charge is 2.07. The Morgan fingerprint density at radius 2 is 2.31 bits per heavy atom. The van der Waals surface area contributed by atoms with Gasteiger partial charge in [-0.25, -0.2) is 4.79 Å². The number of rotatable bonds is 3. The number of para-hydroxylation sites is 1. The number of aromatic nitrogens is 3. The van der Waals surface area contributed by atoms with Gasteiger partial charge in [-0.1, -0.05) is 22.1 Å². The molecule has 7 heteroatoms. The molecule has 0 aliphatic heterocycles. The van der Waals surface area contributed by atoms with Crippen LogP contribution >= 0.6 is 0 Å². The van der Waals surface area contributed by atoms with Crippen molar-refractivity contribution in [2.75, 3.05) is 7.11 Å². The Kier molecular flexibility index (Phi) is 2.77. The predicted octanol–water partition coefficient (Wildman–Crippen LogP) is 0.0187. The molecule has 1 aromatic heterocycles. The quantitative estimate of drug-likeness (QED) is 0.414. The number of oxime groups is 1. The van der Waals surface area contributed by atoms with Crippen molar-refractivity contribution >= 4 is 23.2 Å². The van der Waals surface area contributed by atoms with E-state index in [-0.39, 0.29) is 0 Å². The fraction of sp³-hybridized carbons (Fsp3) is 0.111. The molecule has 0 bridgehead atoms. The van der Waals surface area contributed by atoms with Crippen molar-refractivity contribution < 1.29 is 14.5 Å². The van der Waals surface area contributed by atoms with Gasteiger partial charge in [0.2, 0.25) is 0 Å². The van der Waals surface area contributed by atoms with E-state index in [1.54, 1.807) is 18.2 Å². The first-order chi connectivity index (χ1) is 7.81. The number of nitrogens with zero attached hydrogens (tertiary/aromatic N) is 4. The highest BCUT2D eigenvalue weighted by Crippen LogP contribution is 2.07. The molecule has 0 N–H and O–H groups in total. The van der Waals surface area contributed by atoms with Gasteiger partial charge >= 0.3 is 5.97 Å². The van der Waals surface area contributed by atoms with Gasteiger partial charge in [0.25, 0.3) is 0 Å². The van der Waals surface area contributed by atoms with Crippen molar-refractivity contribution in [2.24, 2.45) is 5.16 Å². The van der Waals surface area contributed by atoms with Crippen LogP contribution in [0.2, 0.25) is 0 Å². The van der Waals surface area contributed by atoms with Crippen molar-refractivity contribution in [1.82, 2.24) is 15.2 Å². The molecule has 0 radical (unpaired) electrons. The summed E-state index contributed by atoms with van der Waals surface area (Å²) in [6.07, 6.45) is 0.899. The van der Waals surface area contributed by atoms with Crippen LogP contribution in [0, 0.1) is 0 Å². The summed E-state index contributed by atoms with van der Waals surface area (Å²) in [5.41, 5.74) is 1.24. The number of carbonyl (C=O) groups excluding carboxylic acids is 1. The van der Waals surface area contributed by atoms with Crippen LogP contribution in [0.4, 0.5) is 0 Å². The van der Waals surface area contributed by atoms with Gasteiger partial charge in [-0.3, -0.25) is 0 Å². The van der Waals surface area contributed by atoms with Crippen LogP contribution in [0.3, 0.4) is 0 Å². The van der Waals surface area contributed by atoms with E-state index in [2.05, 4.69) is 20.3 Å². The maximum Gasteiger partial charge on any atom is 0.380 e. The minimum Gasteiger partial charge on any atom is -0.399 e. The molecule has 2 rings (SSSR count). The molecule has 0 unspecified atom stereocenters. The highest BCUT2D eigenvalue weighted by molar-refractivity contribution is 6.23. The van der Waals surface area contributed by atoms with Gasteiger partial charge in [0, 0.05) is 0 Å². The summed E-state index contributed by atoms with van der Waals surface area (Å²) >= 11 is 0. The van der Waals surface area contributed by atoms with Gasteiger partial charge in [-0.05, 0) is 17.3 Å². The molecule has 1 heterocycles. The Balaban J connectivity index is 2.21. The molecule has 0 saturated heterocycles. The molecule has 0 spiro atoms. The Bertz CT molecular complexity index is 534. The molecule has 0 fully saturated rings. The summed E-state index contributed by atoms with van der Waals surface area (Å²) in [5.74, 6) is -0.697. The van der Waals surface area contributed by atoms with Gasteiger partial charge < -0.3 is 9.68 Å². The van der Waals surface area contributed by atoms with E-state index in [0.717, 1.165) is 11.1 Å². The molecule has 0 saturated carbocycles. The van der Waals surface area contributed by atoms with Gasteiger partial charge in [0.05, 0.1) is 0 Å². The van der Waals surface area contributed by atoms with E-state index in [1.165, 1.54) is 7.11 Å². The first kappa shape index (κ1) is 10.1. The number of benzene rings is 1. The molecule has 0 atom stereocenters. The monoisotopic (exact) mass is 220 g/mol. The van der Waals surface area contributed by atoms with Crippen LogP contribution in [-0.2, 0) is 9.63 Å². The van der Waals surface area contributed by atoms with Crippen molar-refractivity contribution in [3.63, 3.8) is 0 Å². The van der Waals surface area contributed by atoms with Crippen molar-refractivity contribution in [1.29, 1.82) is 0 Å². The lowest BCUT2D eigenvalue weighted by Crippen LogP contribution is -2.21. The normalized spacial score (nSPS) is 10.8. The number of fused-ring (bicyclic) bond motifs is 1. The Morgan fingerprint density at radius 1 is 1.50 bits per heavy atom. The van der Waals surface area contributed by atoms with E-state index < -0.39 is 5.97 Å². The van der Waals surface area contributed by atoms with E-state index in [1.807, 2.05) is 6.07 Å².